The van der Waals surface area contributed by atoms with E-state index in [0.717, 1.165) is 17.0 Å². The Labute approximate surface area is 164 Å². The van der Waals surface area contributed by atoms with Crippen LogP contribution in [-0.4, -0.2) is 29.8 Å². The number of hydrogen-bond acceptors (Lipinski definition) is 6. The molecule has 0 spiro atoms. The van der Waals surface area contributed by atoms with E-state index in [-0.39, 0.29) is 11.8 Å². The summed E-state index contributed by atoms with van der Waals surface area (Å²) in [5.74, 6) is 1.97. The van der Waals surface area contributed by atoms with Crippen LogP contribution in [0.15, 0.2) is 24.3 Å². The van der Waals surface area contributed by atoms with Crippen LogP contribution in [0.25, 0.3) is 6.08 Å². The van der Waals surface area contributed by atoms with Gasteiger partial charge in [0.05, 0.1) is 13.7 Å². The lowest BCUT2D eigenvalue weighted by Gasteiger charge is -2.12. The maximum absolute atomic E-state index is 12.1. The quantitative estimate of drug-likeness (QED) is 0.627. The van der Waals surface area contributed by atoms with E-state index in [9.17, 15) is 4.79 Å². The molecular weight excluding hydrogens is 362 g/mol. The first-order chi connectivity index (χ1) is 12.9. The summed E-state index contributed by atoms with van der Waals surface area (Å²) in [4.78, 5) is 12.1. The second-order valence-corrected chi connectivity index (χ2v) is 7.87. The molecule has 0 bridgehead atoms. The summed E-state index contributed by atoms with van der Waals surface area (Å²) in [5, 5.41) is 12.2. The van der Waals surface area contributed by atoms with Crippen molar-refractivity contribution in [2.24, 2.45) is 5.92 Å². The third-order valence-corrected chi connectivity index (χ3v) is 4.87. The van der Waals surface area contributed by atoms with Gasteiger partial charge in [-0.2, -0.15) is 0 Å². The number of nitrogens with zero attached hydrogens (tertiary/aromatic N) is 2. The number of ether oxygens (including phenoxy) is 2. The van der Waals surface area contributed by atoms with E-state index >= 15 is 0 Å². The molecule has 0 unspecified atom stereocenters. The summed E-state index contributed by atoms with van der Waals surface area (Å²) < 4.78 is 11.2. The first kappa shape index (κ1) is 20.9. The zero-order valence-electron chi connectivity index (χ0n) is 16.5. The summed E-state index contributed by atoms with van der Waals surface area (Å²) >= 11 is 1.38. The van der Waals surface area contributed by atoms with Gasteiger partial charge in [0.15, 0.2) is 11.5 Å². The van der Waals surface area contributed by atoms with Crippen LogP contribution in [0.2, 0.25) is 0 Å². The molecule has 1 aromatic heterocycles. The lowest BCUT2D eigenvalue weighted by Crippen LogP contribution is -2.07. The van der Waals surface area contributed by atoms with Crippen molar-refractivity contribution < 1.29 is 14.3 Å². The minimum atomic E-state index is -0.252. The fourth-order valence-corrected chi connectivity index (χ4v) is 2.90. The number of hydrogen-bond donors (Lipinski definition) is 1. The van der Waals surface area contributed by atoms with Crippen LogP contribution in [0.4, 0.5) is 5.13 Å². The lowest BCUT2D eigenvalue weighted by molar-refractivity contribution is -0.111. The summed E-state index contributed by atoms with van der Waals surface area (Å²) in [6.45, 7) is 9.03. The van der Waals surface area contributed by atoms with Crippen LogP contribution < -0.4 is 14.8 Å². The van der Waals surface area contributed by atoms with Crippen molar-refractivity contribution in [3.63, 3.8) is 0 Å². The summed E-state index contributed by atoms with van der Waals surface area (Å²) in [5.41, 5.74) is 0.846. The highest BCUT2D eigenvalue weighted by Crippen LogP contribution is 2.29. The molecule has 0 aliphatic carbocycles. The zero-order chi connectivity index (χ0) is 19.8. The molecule has 0 radical (unpaired) electrons. The van der Waals surface area contributed by atoms with Crippen LogP contribution in [0.3, 0.4) is 0 Å². The number of carbonyl (C=O) groups is 1. The van der Waals surface area contributed by atoms with Gasteiger partial charge >= 0.3 is 0 Å². The number of aromatic nitrogens is 2. The molecule has 1 N–H and O–H groups in total. The Kier molecular flexibility index (Phi) is 7.79. The average Bonchev–Trinajstić information content (AvgIpc) is 3.09. The van der Waals surface area contributed by atoms with Gasteiger partial charge in [-0.1, -0.05) is 45.1 Å². The van der Waals surface area contributed by atoms with Gasteiger partial charge in [-0.05, 0) is 36.1 Å². The molecule has 27 heavy (non-hydrogen) atoms. The third-order valence-electron chi connectivity index (χ3n) is 3.73. The molecule has 1 aromatic carbocycles. The molecule has 6 nitrogen and oxygen atoms in total. The lowest BCUT2D eigenvalue weighted by atomic mass is 10.1. The largest absolute Gasteiger partial charge is 0.493 e. The van der Waals surface area contributed by atoms with Crippen molar-refractivity contribution in [2.75, 3.05) is 19.0 Å². The molecule has 0 atom stereocenters. The Morgan fingerprint density at radius 3 is 2.63 bits per heavy atom. The zero-order valence-corrected chi connectivity index (χ0v) is 17.3. The minimum Gasteiger partial charge on any atom is -0.493 e. The predicted octanol–water partition coefficient (Wildman–Crippen LogP) is 4.75. The molecule has 0 aliphatic heterocycles. The SMILES string of the molecule is COc1cc(/C=C/C(=O)Nc2nnc(C(C)C)s2)ccc1OCCC(C)C. The molecule has 0 fully saturated rings. The Morgan fingerprint density at radius 1 is 1.22 bits per heavy atom. The first-order valence-electron chi connectivity index (χ1n) is 9.02. The topological polar surface area (TPSA) is 73.3 Å². The van der Waals surface area contributed by atoms with Crippen LogP contribution in [-0.2, 0) is 4.79 Å². The van der Waals surface area contributed by atoms with Crippen molar-refractivity contribution >= 4 is 28.5 Å². The number of methoxy groups -OCH3 is 1. The highest BCUT2D eigenvalue weighted by molar-refractivity contribution is 7.15. The van der Waals surface area contributed by atoms with E-state index in [0.29, 0.717) is 29.2 Å². The normalized spacial score (nSPS) is 11.4. The van der Waals surface area contributed by atoms with Gasteiger partial charge in [-0.15, -0.1) is 10.2 Å². The molecule has 146 valence electrons. The van der Waals surface area contributed by atoms with Gasteiger partial charge < -0.3 is 9.47 Å². The second-order valence-electron chi connectivity index (χ2n) is 6.86. The van der Waals surface area contributed by atoms with Crippen molar-refractivity contribution in [1.82, 2.24) is 10.2 Å². The van der Waals surface area contributed by atoms with E-state index in [1.54, 1.807) is 13.2 Å². The smallest absolute Gasteiger partial charge is 0.250 e. The summed E-state index contributed by atoms with van der Waals surface area (Å²) in [6.07, 6.45) is 4.17. The van der Waals surface area contributed by atoms with Crippen LogP contribution in [0, 0.1) is 5.92 Å². The predicted molar refractivity (Wildman–Crippen MR) is 110 cm³/mol. The standard InChI is InChI=1S/C20H27N3O3S/c1-13(2)10-11-26-16-8-6-15(12-17(16)25-5)7-9-18(24)21-20-23-22-19(27-20)14(3)4/h6-9,12-14H,10-11H2,1-5H3,(H,21,23,24)/b9-7+. The average molecular weight is 390 g/mol. The van der Waals surface area contributed by atoms with Gasteiger partial charge in [0.1, 0.15) is 5.01 Å². The van der Waals surface area contributed by atoms with Gasteiger partial charge in [0, 0.05) is 12.0 Å². The highest BCUT2D eigenvalue weighted by Gasteiger charge is 2.09. The van der Waals surface area contributed by atoms with Gasteiger partial charge in [-0.3, -0.25) is 10.1 Å². The monoisotopic (exact) mass is 389 g/mol. The fraction of sp³-hybridized carbons (Fsp3) is 0.450. The number of nitrogens with one attached hydrogen (secondary N) is 1. The molecule has 0 saturated carbocycles. The summed E-state index contributed by atoms with van der Waals surface area (Å²) in [6, 6.07) is 5.59. The van der Waals surface area contributed by atoms with Crippen LogP contribution in [0.1, 0.15) is 50.6 Å². The van der Waals surface area contributed by atoms with E-state index in [4.69, 9.17) is 9.47 Å². The van der Waals surface area contributed by atoms with Gasteiger partial charge in [-0.25, -0.2) is 0 Å². The molecule has 1 heterocycles. The second kappa shape index (κ2) is 10.1. The van der Waals surface area contributed by atoms with E-state index < -0.39 is 0 Å². The van der Waals surface area contributed by atoms with Gasteiger partial charge in [0.25, 0.3) is 0 Å². The Balaban J connectivity index is 1.97. The molecular formula is C20H27N3O3S. The number of carbonyl (C=O) groups excluding carboxylic acids is 1. The van der Waals surface area contributed by atoms with Crippen molar-refractivity contribution in [1.29, 1.82) is 0 Å². The van der Waals surface area contributed by atoms with Crippen LogP contribution in [0.5, 0.6) is 11.5 Å². The Bertz CT molecular complexity index is 785. The van der Waals surface area contributed by atoms with Gasteiger partial charge in [0.2, 0.25) is 11.0 Å². The number of benzene rings is 1. The molecule has 0 aliphatic rings. The number of anilines is 1. The molecule has 1 amide bonds. The van der Waals surface area contributed by atoms with E-state index in [1.165, 1.54) is 17.4 Å². The molecule has 2 aromatic rings. The number of rotatable bonds is 9. The minimum absolute atomic E-state index is 0.252. The van der Waals surface area contributed by atoms with Crippen molar-refractivity contribution in [3.8, 4) is 11.5 Å². The van der Waals surface area contributed by atoms with Crippen LogP contribution >= 0.6 is 11.3 Å². The highest BCUT2D eigenvalue weighted by atomic mass is 32.1. The third kappa shape index (κ3) is 6.67. The van der Waals surface area contributed by atoms with E-state index in [1.807, 2.05) is 32.0 Å². The maximum atomic E-state index is 12.1. The number of amides is 1. The maximum Gasteiger partial charge on any atom is 0.250 e. The van der Waals surface area contributed by atoms with Crippen molar-refractivity contribution in [3.05, 3.63) is 34.8 Å². The van der Waals surface area contributed by atoms with Crippen molar-refractivity contribution in [2.45, 2.75) is 40.0 Å². The molecule has 0 saturated heterocycles. The fourth-order valence-electron chi connectivity index (χ4n) is 2.15. The Hall–Kier alpha value is -2.41. The molecule has 2 rings (SSSR count). The van der Waals surface area contributed by atoms with E-state index in [2.05, 4.69) is 29.4 Å². The summed E-state index contributed by atoms with van der Waals surface area (Å²) in [7, 11) is 1.60. The first-order valence-corrected chi connectivity index (χ1v) is 9.84. The molecule has 7 heteroatoms. The Morgan fingerprint density at radius 2 is 2.00 bits per heavy atom.